The Bertz CT molecular complexity index is 1660. The first kappa shape index (κ1) is 37.8. The number of amidine groups is 1. The Morgan fingerprint density at radius 1 is 1.22 bits per heavy atom. The lowest BCUT2D eigenvalue weighted by molar-refractivity contribution is -0.141. The van der Waals surface area contributed by atoms with Crippen molar-refractivity contribution in [1.82, 2.24) is 14.9 Å². The van der Waals surface area contributed by atoms with Gasteiger partial charge in [0.1, 0.15) is 28.6 Å². The second-order valence-corrected chi connectivity index (χ2v) is 21.3. The predicted molar refractivity (Wildman–Crippen MR) is 188 cm³/mol. The molecule has 2 aromatic rings. The molecule has 1 N–H and O–H groups in total. The molecule has 4 rings (SSSR count). The van der Waals surface area contributed by atoms with E-state index in [1.165, 1.54) is 42.6 Å². The molecule has 1 aromatic carbocycles. The number of anilines is 1. The van der Waals surface area contributed by atoms with Crippen molar-refractivity contribution < 1.29 is 37.7 Å². The predicted octanol–water partition coefficient (Wildman–Crippen LogP) is 6.07. The summed E-state index contributed by atoms with van der Waals surface area (Å²) in [5.74, 6) is 0.355. The van der Waals surface area contributed by atoms with Gasteiger partial charge in [-0.1, -0.05) is 37.3 Å². The maximum absolute atomic E-state index is 15.8. The van der Waals surface area contributed by atoms with Crippen molar-refractivity contribution in [2.75, 3.05) is 25.8 Å². The van der Waals surface area contributed by atoms with Crippen LogP contribution in [0.2, 0.25) is 25.7 Å². The van der Waals surface area contributed by atoms with Crippen molar-refractivity contribution in [3.63, 3.8) is 0 Å². The van der Waals surface area contributed by atoms with Gasteiger partial charge in [0.05, 0.1) is 25.0 Å². The van der Waals surface area contributed by atoms with Gasteiger partial charge in [-0.25, -0.2) is 24.1 Å². The number of amides is 2. The Morgan fingerprint density at radius 2 is 1.94 bits per heavy atom. The van der Waals surface area contributed by atoms with Crippen LogP contribution in [0, 0.1) is 24.1 Å². The Labute approximate surface area is 291 Å². The van der Waals surface area contributed by atoms with Gasteiger partial charge in [0.15, 0.2) is 11.3 Å². The summed E-state index contributed by atoms with van der Waals surface area (Å²) in [6.07, 6.45) is 6.91. The lowest BCUT2D eigenvalue weighted by Crippen LogP contribution is -2.47. The monoisotopic (exact) mass is 713 g/mol. The van der Waals surface area contributed by atoms with E-state index in [2.05, 4.69) is 40.8 Å². The van der Waals surface area contributed by atoms with Crippen LogP contribution in [0.5, 0.6) is 5.88 Å². The number of thioether (sulfide) groups is 1. The zero-order valence-corrected chi connectivity index (χ0v) is 31.2. The number of aliphatic imine (C=N–C) groups is 1. The highest BCUT2D eigenvalue weighted by molar-refractivity contribution is 8.15. The molecule has 3 unspecified atom stereocenters. The molecule has 15 heteroatoms. The number of carbonyl (C=O) groups is 3. The molecule has 0 bridgehead atoms. The topological polar surface area (TPSA) is 142 Å². The fourth-order valence-electron chi connectivity index (χ4n) is 5.21. The molecule has 2 amide bonds. The summed E-state index contributed by atoms with van der Waals surface area (Å²) in [4.78, 5) is 54.4. The molecule has 1 fully saturated rings. The average molecular weight is 714 g/mol. The van der Waals surface area contributed by atoms with Crippen LogP contribution in [0.15, 0.2) is 35.6 Å². The zero-order chi connectivity index (χ0) is 36.4. The van der Waals surface area contributed by atoms with Crippen LogP contribution in [0.25, 0.3) is 0 Å². The number of halogens is 1. The van der Waals surface area contributed by atoms with Crippen LogP contribution in [-0.4, -0.2) is 83.0 Å². The highest BCUT2D eigenvalue weighted by atomic mass is 32.2. The normalized spacial score (nSPS) is 22.1. The van der Waals surface area contributed by atoms with E-state index in [0.717, 1.165) is 17.8 Å². The summed E-state index contributed by atoms with van der Waals surface area (Å²) in [7, 11) is -0.154. The molecule has 1 aliphatic carbocycles. The van der Waals surface area contributed by atoms with E-state index in [1.807, 2.05) is 0 Å². The third-order valence-electron chi connectivity index (χ3n) is 7.95. The van der Waals surface area contributed by atoms with Crippen molar-refractivity contribution in [3.8, 4) is 18.2 Å². The summed E-state index contributed by atoms with van der Waals surface area (Å²) >= 11 is 1.09. The molecule has 2 aliphatic rings. The number of methoxy groups -OCH3 is 1. The van der Waals surface area contributed by atoms with Crippen LogP contribution < -0.4 is 10.1 Å². The van der Waals surface area contributed by atoms with E-state index >= 15 is 4.39 Å². The molecule has 1 aliphatic heterocycles. The zero-order valence-electron chi connectivity index (χ0n) is 29.4. The maximum atomic E-state index is 15.8. The molecule has 49 heavy (non-hydrogen) atoms. The molecular formula is C34H44FN5O7SSi. The number of terminal acetylenes is 1. The maximum Gasteiger partial charge on any atom is 0.418 e. The van der Waals surface area contributed by atoms with E-state index in [4.69, 9.17) is 30.4 Å². The van der Waals surface area contributed by atoms with Crippen LogP contribution in [0.1, 0.15) is 57.1 Å². The highest BCUT2D eigenvalue weighted by Gasteiger charge is 2.72. The number of rotatable bonds is 11. The van der Waals surface area contributed by atoms with E-state index < -0.39 is 59.8 Å². The number of benzene rings is 1. The number of esters is 1. The molecule has 4 atom stereocenters. The molecular weight excluding hydrogens is 670 g/mol. The van der Waals surface area contributed by atoms with Crippen LogP contribution in [-0.2, 0) is 24.5 Å². The smallest absolute Gasteiger partial charge is 0.418 e. The molecule has 0 radical (unpaired) electrons. The van der Waals surface area contributed by atoms with Gasteiger partial charge in [-0.05, 0) is 65.3 Å². The van der Waals surface area contributed by atoms with Crippen molar-refractivity contribution in [2.45, 2.75) is 88.7 Å². The largest absolute Gasteiger partial charge is 0.468 e. The minimum Gasteiger partial charge on any atom is -0.468 e. The number of fused-ring (bicyclic) bond motifs is 1. The lowest BCUT2D eigenvalue weighted by Gasteiger charge is -2.37. The van der Waals surface area contributed by atoms with Crippen molar-refractivity contribution >= 4 is 48.7 Å². The van der Waals surface area contributed by atoms with E-state index in [1.54, 1.807) is 34.6 Å². The molecule has 12 nitrogen and oxygen atoms in total. The third kappa shape index (κ3) is 8.97. The molecule has 0 spiro atoms. The van der Waals surface area contributed by atoms with Crippen LogP contribution in [0.3, 0.4) is 0 Å². The number of aromatic nitrogens is 2. The summed E-state index contributed by atoms with van der Waals surface area (Å²) in [5.41, 5.74) is -1.84. The van der Waals surface area contributed by atoms with E-state index in [-0.39, 0.29) is 34.7 Å². The summed E-state index contributed by atoms with van der Waals surface area (Å²) in [5, 5.41) is 2.86. The number of nitrogens with one attached hydrogen (secondary N) is 1. The number of hydrogen-bond donors (Lipinski definition) is 1. The number of ether oxygens (including phenoxy) is 4. The SMILES string of the molecule is C#C[C@H](C)Oc1cnc(C(=O)Nc2ccc(F)c(C3(C)N=C(N(COCC[Si](C)(C)C)C(=O)OC(C)(C)C)SC4(C(=O)OC)CC43)c2)cn1. The van der Waals surface area contributed by atoms with Gasteiger partial charge in [0.25, 0.3) is 5.91 Å². The standard InChI is InChI=1S/C34H44FN5O7SSi/c1-11-21(2)46-27-19-36-25(18-37-27)28(41)38-22-12-13-24(35)23(16-22)33(6)26-17-34(26,29(42)44-7)48-30(39-33)40(31(43)47-32(3,4)5)20-45-14-15-49(8,9)10/h1,12-13,16,18-19,21,26H,14-15,17,20H2,2-10H3,(H,38,41)/t21-,26?,33?,34?/m0/s1. The summed E-state index contributed by atoms with van der Waals surface area (Å²) in [6, 6.07) is 4.94. The Balaban J connectivity index is 1.69. The summed E-state index contributed by atoms with van der Waals surface area (Å²) in [6.45, 7) is 15.5. The molecule has 0 saturated heterocycles. The molecule has 1 saturated carbocycles. The van der Waals surface area contributed by atoms with Crippen LogP contribution >= 0.6 is 11.8 Å². The van der Waals surface area contributed by atoms with E-state index in [0.29, 0.717) is 13.0 Å². The van der Waals surface area contributed by atoms with Crippen LogP contribution in [0.4, 0.5) is 14.9 Å². The lowest BCUT2D eigenvalue weighted by atomic mass is 9.85. The van der Waals surface area contributed by atoms with E-state index in [9.17, 15) is 14.4 Å². The minimum absolute atomic E-state index is 0.0128. The summed E-state index contributed by atoms with van der Waals surface area (Å²) < 4.78 is 37.0. The quantitative estimate of drug-likeness (QED) is 0.0960. The molecule has 264 valence electrons. The van der Waals surface area contributed by atoms with Gasteiger partial charge in [-0.15, -0.1) is 6.42 Å². The number of hydrogen-bond acceptors (Lipinski definition) is 11. The first-order valence-corrected chi connectivity index (χ1v) is 20.4. The Morgan fingerprint density at radius 3 is 2.53 bits per heavy atom. The second-order valence-electron chi connectivity index (χ2n) is 14.4. The first-order valence-electron chi connectivity index (χ1n) is 15.8. The van der Waals surface area contributed by atoms with Gasteiger partial charge < -0.3 is 24.3 Å². The number of nitrogens with zero attached hydrogens (tertiary/aromatic N) is 4. The molecule has 1 aromatic heterocycles. The van der Waals surface area contributed by atoms with Crippen molar-refractivity contribution in [3.05, 3.63) is 47.7 Å². The Hall–Kier alpha value is -4.00. The molecule has 2 heterocycles. The Kier molecular flexibility index (Phi) is 11.2. The average Bonchev–Trinajstić information content (AvgIpc) is 3.77. The van der Waals surface area contributed by atoms with Crippen molar-refractivity contribution in [2.24, 2.45) is 10.9 Å². The van der Waals surface area contributed by atoms with Gasteiger partial charge in [-0.3, -0.25) is 14.6 Å². The van der Waals surface area contributed by atoms with Gasteiger partial charge in [0, 0.05) is 31.8 Å². The number of carbonyl (C=O) groups excluding carboxylic acids is 3. The van der Waals surface area contributed by atoms with Gasteiger partial charge in [-0.2, -0.15) is 0 Å². The fourth-order valence-corrected chi connectivity index (χ4v) is 7.55. The minimum atomic E-state index is -1.44. The highest BCUT2D eigenvalue weighted by Crippen LogP contribution is 2.67. The third-order valence-corrected chi connectivity index (χ3v) is 11.1. The first-order chi connectivity index (χ1) is 22.8. The van der Waals surface area contributed by atoms with Crippen molar-refractivity contribution in [1.29, 1.82) is 0 Å². The van der Waals surface area contributed by atoms with Gasteiger partial charge in [0.2, 0.25) is 5.88 Å². The van der Waals surface area contributed by atoms with Gasteiger partial charge >= 0.3 is 12.1 Å². The second kappa shape index (κ2) is 14.5. The fraction of sp³-hybridized carbons (Fsp3) is 0.529.